The zero-order valence-electron chi connectivity index (χ0n) is 15.9. The molecule has 0 saturated carbocycles. The summed E-state index contributed by atoms with van der Waals surface area (Å²) in [5, 5.41) is 26.3. The van der Waals surface area contributed by atoms with Crippen molar-refractivity contribution in [3.8, 4) is 5.75 Å². The van der Waals surface area contributed by atoms with Crippen LogP contribution in [-0.4, -0.2) is 58.6 Å². The number of aromatic hydroxyl groups is 1. The summed E-state index contributed by atoms with van der Waals surface area (Å²) >= 11 is 0. The van der Waals surface area contributed by atoms with E-state index in [-0.39, 0.29) is 30.9 Å². The first-order chi connectivity index (χ1) is 13.8. The number of primary amides is 1. The predicted molar refractivity (Wildman–Crippen MR) is 103 cm³/mol. The van der Waals surface area contributed by atoms with Crippen molar-refractivity contribution in [1.29, 1.82) is 0 Å². The van der Waals surface area contributed by atoms with E-state index in [1.54, 1.807) is 12.1 Å². The number of phenolic OH excluding ortho intramolecular Hbond substituents is 1. The predicted octanol–water partition coefficient (Wildman–Crippen LogP) is -0.994. The molecule has 29 heavy (non-hydrogen) atoms. The number of carboxylic acid groups (broad SMARTS) is 1. The minimum Gasteiger partial charge on any atom is -0.508 e. The van der Waals surface area contributed by atoms with E-state index < -0.39 is 35.9 Å². The Morgan fingerprint density at radius 3 is 2.38 bits per heavy atom. The summed E-state index contributed by atoms with van der Waals surface area (Å²) in [4.78, 5) is 47.7. The Kier molecular flexibility index (Phi) is 7.96. The zero-order valence-corrected chi connectivity index (χ0v) is 15.9. The number of rotatable bonds is 10. The summed E-state index contributed by atoms with van der Waals surface area (Å²) in [6.07, 6.45) is 1.11. The lowest BCUT2D eigenvalue weighted by Crippen LogP contribution is -2.55. The Labute approximate surface area is 167 Å². The van der Waals surface area contributed by atoms with E-state index in [4.69, 9.17) is 10.8 Å². The van der Waals surface area contributed by atoms with Crippen molar-refractivity contribution in [2.24, 2.45) is 5.73 Å². The number of benzene rings is 1. The monoisotopic (exact) mass is 406 g/mol. The molecule has 0 unspecified atom stereocenters. The quantitative estimate of drug-likeness (QED) is 0.289. The van der Waals surface area contributed by atoms with E-state index in [0.717, 1.165) is 6.42 Å². The van der Waals surface area contributed by atoms with Gasteiger partial charge in [-0.3, -0.25) is 19.2 Å². The average molecular weight is 406 g/mol. The van der Waals surface area contributed by atoms with Gasteiger partial charge in [0.25, 0.3) is 0 Å². The summed E-state index contributed by atoms with van der Waals surface area (Å²) < 4.78 is 0. The number of hydrogen-bond acceptors (Lipinski definition) is 6. The number of nitrogens with one attached hydrogen (secondary N) is 3. The molecule has 0 spiro atoms. The maximum Gasteiger partial charge on any atom is 0.303 e. The lowest BCUT2D eigenvalue weighted by molar-refractivity contribution is -0.138. The van der Waals surface area contributed by atoms with E-state index in [9.17, 15) is 24.3 Å². The van der Waals surface area contributed by atoms with Crippen LogP contribution in [0.15, 0.2) is 24.3 Å². The van der Waals surface area contributed by atoms with Crippen molar-refractivity contribution < 1.29 is 29.4 Å². The topological polar surface area (TPSA) is 171 Å². The van der Waals surface area contributed by atoms with Gasteiger partial charge in [0.1, 0.15) is 17.8 Å². The summed E-state index contributed by atoms with van der Waals surface area (Å²) in [6, 6.07) is 3.47. The molecule has 1 fully saturated rings. The molecule has 10 nitrogen and oxygen atoms in total. The lowest BCUT2D eigenvalue weighted by Gasteiger charge is -2.23. The van der Waals surface area contributed by atoms with Gasteiger partial charge >= 0.3 is 5.97 Å². The van der Waals surface area contributed by atoms with Crippen LogP contribution in [0.1, 0.15) is 31.2 Å². The lowest BCUT2D eigenvalue weighted by atomic mass is 10.0. The van der Waals surface area contributed by atoms with Crippen molar-refractivity contribution in [1.82, 2.24) is 16.0 Å². The highest BCUT2D eigenvalue weighted by molar-refractivity contribution is 5.93. The molecule has 158 valence electrons. The second kappa shape index (κ2) is 10.4. The minimum atomic E-state index is -1.11. The number of carbonyl (C=O) groups is 4. The van der Waals surface area contributed by atoms with Gasteiger partial charge < -0.3 is 31.9 Å². The van der Waals surface area contributed by atoms with Crippen molar-refractivity contribution in [2.75, 3.05) is 6.54 Å². The third kappa shape index (κ3) is 7.07. The molecule has 7 N–H and O–H groups in total. The minimum absolute atomic E-state index is 0.0605. The van der Waals surface area contributed by atoms with Gasteiger partial charge in [0, 0.05) is 12.8 Å². The molecule has 2 rings (SSSR count). The molecule has 1 aliphatic rings. The van der Waals surface area contributed by atoms with Crippen LogP contribution < -0.4 is 21.7 Å². The highest BCUT2D eigenvalue weighted by atomic mass is 16.4. The van der Waals surface area contributed by atoms with Gasteiger partial charge in [0.15, 0.2) is 0 Å². The van der Waals surface area contributed by atoms with Crippen LogP contribution in [0, 0.1) is 0 Å². The number of aliphatic carboxylic acids is 1. The van der Waals surface area contributed by atoms with Crippen LogP contribution in [0.5, 0.6) is 5.75 Å². The molecule has 0 aliphatic carbocycles. The average Bonchev–Trinajstić information content (AvgIpc) is 3.20. The fourth-order valence-electron chi connectivity index (χ4n) is 3.08. The largest absolute Gasteiger partial charge is 0.508 e. The van der Waals surface area contributed by atoms with Gasteiger partial charge in [-0.05, 0) is 43.5 Å². The Balaban J connectivity index is 2.05. The van der Waals surface area contributed by atoms with Gasteiger partial charge in [-0.2, -0.15) is 0 Å². The fraction of sp³-hybridized carbons (Fsp3) is 0.474. The Bertz CT molecular complexity index is 746. The molecule has 3 atom stereocenters. The van der Waals surface area contributed by atoms with Crippen molar-refractivity contribution in [3.05, 3.63) is 29.8 Å². The fourth-order valence-corrected chi connectivity index (χ4v) is 3.08. The molecular formula is C19H26N4O6. The van der Waals surface area contributed by atoms with Crippen molar-refractivity contribution in [3.63, 3.8) is 0 Å². The van der Waals surface area contributed by atoms with E-state index in [1.807, 2.05) is 0 Å². The molecule has 1 saturated heterocycles. The van der Waals surface area contributed by atoms with Crippen LogP contribution in [0.2, 0.25) is 0 Å². The smallest absolute Gasteiger partial charge is 0.303 e. The number of hydrogen-bond donors (Lipinski definition) is 6. The first kappa shape index (κ1) is 22.2. The molecule has 1 heterocycles. The SMILES string of the molecule is NC(=O)[C@H](Cc1ccc(O)cc1)NC(=O)[C@H](CCC(=O)O)NC(=O)[C@@H]1CCCN1. The van der Waals surface area contributed by atoms with Gasteiger partial charge in [-0.15, -0.1) is 0 Å². The molecule has 3 amide bonds. The molecule has 1 aromatic rings. The Morgan fingerprint density at radius 2 is 1.83 bits per heavy atom. The third-order valence-electron chi connectivity index (χ3n) is 4.69. The first-order valence-corrected chi connectivity index (χ1v) is 9.39. The molecule has 0 bridgehead atoms. The molecule has 0 radical (unpaired) electrons. The van der Waals surface area contributed by atoms with Gasteiger partial charge in [0.05, 0.1) is 6.04 Å². The number of nitrogens with two attached hydrogens (primary N) is 1. The highest BCUT2D eigenvalue weighted by Crippen LogP contribution is 2.12. The molecule has 0 aromatic heterocycles. The third-order valence-corrected chi connectivity index (χ3v) is 4.69. The van der Waals surface area contributed by atoms with Gasteiger partial charge in [0.2, 0.25) is 17.7 Å². The van der Waals surface area contributed by atoms with E-state index in [1.165, 1.54) is 12.1 Å². The van der Waals surface area contributed by atoms with E-state index >= 15 is 0 Å². The van der Waals surface area contributed by atoms with Crippen molar-refractivity contribution in [2.45, 2.75) is 50.2 Å². The van der Waals surface area contributed by atoms with E-state index in [0.29, 0.717) is 18.5 Å². The summed E-state index contributed by atoms with van der Waals surface area (Å²) in [6.45, 7) is 0.695. The van der Waals surface area contributed by atoms with Crippen LogP contribution in [0.25, 0.3) is 0 Å². The van der Waals surface area contributed by atoms with Gasteiger partial charge in [-0.25, -0.2) is 0 Å². The molecule has 1 aliphatic heterocycles. The van der Waals surface area contributed by atoms with Gasteiger partial charge in [-0.1, -0.05) is 12.1 Å². The number of amides is 3. The summed E-state index contributed by atoms with van der Waals surface area (Å²) in [5.41, 5.74) is 6.05. The molecule has 10 heteroatoms. The van der Waals surface area contributed by atoms with Crippen LogP contribution >= 0.6 is 0 Å². The maximum atomic E-state index is 12.7. The second-order valence-corrected chi connectivity index (χ2v) is 6.98. The highest BCUT2D eigenvalue weighted by Gasteiger charge is 2.29. The molecular weight excluding hydrogens is 380 g/mol. The summed E-state index contributed by atoms with van der Waals surface area (Å²) in [7, 11) is 0. The number of phenols is 1. The first-order valence-electron chi connectivity index (χ1n) is 9.39. The second-order valence-electron chi connectivity index (χ2n) is 6.98. The Morgan fingerprint density at radius 1 is 1.14 bits per heavy atom. The normalized spacial score (nSPS) is 17.9. The zero-order chi connectivity index (χ0) is 21.4. The van der Waals surface area contributed by atoms with E-state index in [2.05, 4.69) is 16.0 Å². The van der Waals surface area contributed by atoms with Crippen LogP contribution in [0.3, 0.4) is 0 Å². The van der Waals surface area contributed by atoms with Crippen LogP contribution in [-0.2, 0) is 25.6 Å². The van der Waals surface area contributed by atoms with Crippen molar-refractivity contribution >= 4 is 23.7 Å². The maximum absolute atomic E-state index is 12.7. The Hall–Kier alpha value is -3.14. The summed E-state index contributed by atoms with van der Waals surface area (Å²) in [5.74, 6) is -2.88. The number of carboxylic acids is 1. The van der Waals surface area contributed by atoms with Crippen LogP contribution in [0.4, 0.5) is 0 Å². The standard InChI is InChI=1S/C19H26N4O6/c20-17(27)15(10-11-3-5-12(24)6-4-11)23-19(29)14(7-8-16(25)26)22-18(28)13-2-1-9-21-13/h3-6,13-15,21,24H,1-2,7-10H2,(H2,20,27)(H,22,28)(H,23,29)(H,25,26)/t13-,14-,15-/m0/s1. The molecule has 1 aromatic carbocycles. The number of carbonyl (C=O) groups excluding carboxylic acids is 3.